The Labute approximate surface area is 86.7 Å². The molecule has 5 heteroatoms. The van der Waals surface area contributed by atoms with Gasteiger partial charge in [-0.2, -0.15) is 4.31 Å². The Kier molecular flexibility index (Phi) is 4.34. The molecule has 0 aromatic rings. The van der Waals surface area contributed by atoms with E-state index in [0.29, 0.717) is 13.0 Å². The van der Waals surface area contributed by atoms with Gasteiger partial charge in [0.1, 0.15) is 0 Å². The van der Waals surface area contributed by atoms with Crippen LogP contribution in [0.25, 0.3) is 0 Å². The third kappa shape index (κ3) is 2.93. The molecule has 0 amide bonds. The van der Waals surface area contributed by atoms with E-state index in [1.165, 1.54) is 0 Å². The molecule has 1 aliphatic rings. The van der Waals surface area contributed by atoms with Gasteiger partial charge in [0.05, 0.1) is 5.75 Å². The molecule has 1 N–H and O–H groups in total. The van der Waals surface area contributed by atoms with Gasteiger partial charge in [-0.05, 0) is 26.3 Å². The van der Waals surface area contributed by atoms with E-state index >= 15 is 0 Å². The molecule has 1 atom stereocenters. The minimum Gasteiger partial charge on any atom is -0.315 e. The van der Waals surface area contributed by atoms with Crippen LogP contribution >= 0.6 is 0 Å². The molecule has 0 saturated carbocycles. The second-order valence-electron chi connectivity index (χ2n) is 3.81. The number of hydrogen-bond acceptors (Lipinski definition) is 3. The van der Waals surface area contributed by atoms with Crippen molar-refractivity contribution in [2.24, 2.45) is 0 Å². The minimum absolute atomic E-state index is 0.140. The Bertz CT molecular complexity index is 264. The van der Waals surface area contributed by atoms with Crippen LogP contribution in [0, 0.1) is 0 Å². The van der Waals surface area contributed by atoms with Crippen molar-refractivity contribution < 1.29 is 8.42 Å². The Morgan fingerprint density at radius 3 is 2.79 bits per heavy atom. The van der Waals surface area contributed by atoms with Crippen molar-refractivity contribution in [2.45, 2.75) is 32.7 Å². The third-order valence-electron chi connectivity index (χ3n) is 2.56. The molecule has 1 saturated heterocycles. The topological polar surface area (TPSA) is 49.4 Å². The highest BCUT2D eigenvalue weighted by atomic mass is 32.2. The average molecular weight is 220 g/mol. The molecule has 4 nitrogen and oxygen atoms in total. The van der Waals surface area contributed by atoms with Gasteiger partial charge in [-0.25, -0.2) is 8.42 Å². The summed E-state index contributed by atoms with van der Waals surface area (Å²) in [6, 6.07) is 0.140. The number of rotatable bonds is 3. The van der Waals surface area contributed by atoms with Gasteiger partial charge in [-0.3, -0.25) is 0 Å². The Morgan fingerprint density at radius 2 is 2.14 bits per heavy atom. The maximum Gasteiger partial charge on any atom is 0.214 e. The zero-order valence-corrected chi connectivity index (χ0v) is 9.81. The normalized spacial score (nSPS) is 26.0. The first kappa shape index (κ1) is 11.9. The lowest BCUT2D eigenvalue weighted by Gasteiger charge is -2.25. The number of hydrogen-bond donors (Lipinski definition) is 1. The van der Waals surface area contributed by atoms with Crippen LogP contribution < -0.4 is 5.32 Å². The van der Waals surface area contributed by atoms with Crippen LogP contribution in [-0.4, -0.2) is 44.2 Å². The molecule has 84 valence electrons. The highest BCUT2D eigenvalue weighted by Gasteiger charge is 2.27. The summed E-state index contributed by atoms with van der Waals surface area (Å²) in [5, 5.41) is 3.22. The van der Waals surface area contributed by atoms with E-state index in [2.05, 4.69) is 5.32 Å². The summed E-state index contributed by atoms with van der Waals surface area (Å²) in [6.45, 7) is 6.19. The summed E-state index contributed by atoms with van der Waals surface area (Å²) < 4.78 is 25.3. The maximum atomic E-state index is 11.8. The van der Waals surface area contributed by atoms with E-state index in [0.717, 1.165) is 19.5 Å². The van der Waals surface area contributed by atoms with Crippen LogP contribution in [0.5, 0.6) is 0 Å². The molecule has 0 aliphatic carbocycles. The summed E-state index contributed by atoms with van der Waals surface area (Å²) in [5.74, 6) is 0.275. The molecule has 0 bridgehead atoms. The lowest BCUT2D eigenvalue weighted by atomic mass is 10.2. The van der Waals surface area contributed by atoms with Crippen molar-refractivity contribution in [2.75, 3.05) is 25.4 Å². The van der Waals surface area contributed by atoms with Crippen LogP contribution in [0.15, 0.2) is 0 Å². The number of nitrogens with zero attached hydrogens (tertiary/aromatic N) is 1. The van der Waals surface area contributed by atoms with Crippen molar-refractivity contribution in [1.29, 1.82) is 0 Å². The third-order valence-corrected chi connectivity index (χ3v) is 4.74. The van der Waals surface area contributed by atoms with Crippen molar-refractivity contribution in [1.82, 2.24) is 9.62 Å². The molecule has 0 aromatic carbocycles. The molecule has 0 radical (unpaired) electrons. The SMILES string of the molecule is CCCS(=O)(=O)N1CCNCCC1C. The fourth-order valence-electron chi connectivity index (χ4n) is 1.78. The van der Waals surface area contributed by atoms with E-state index in [4.69, 9.17) is 0 Å². The van der Waals surface area contributed by atoms with Gasteiger partial charge in [-0.15, -0.1) is 0 Å². The largest absolute Gasteiger partial charge is 0.315 e. The lowest BCUT2D eigenvalue weighted by Crippen LogP contribution is -2.40. The predicted octanol–water partition coefficient (Wildman–Crippen LogP) is 0.410. The molecule has 1 aliphatic heterocycles. The quantitative estimate of drug-likeness (QED) is 0.749. The standard InChI is InChI=1S/C9H20N2O2S/c1-3-8-14(12,13)11-7-6-10-5-4-9(11)2/h9-10H,3-8H2,1-2H3. The van der Waals surface area contributed by atoms with Gasteiger partial charge in [0, 0.05) is 19.1 Å². The molecule has 0 aromatic heterocycles. The highest BCUT2D eigenvalue weighted by molar-refractivity contribution is 7.89. The van der Waals surface area contributed by atoms with Crippen LogP contribution in [0.2, 0.25) is 0 Å². The fourth-order valence-corrected chi connectivity index (χ4v) is 3.55. The van der Waals surface area contributed by atoms with Crippen molar-refractivity contribution >= 4 is 10.0 Å². The van der Waals surface area contributed by atoms with Gasteiger partial charge < -0.3 is 5.32 Å². The second kappa shape index (κ2) is 5.09. The average Bonchev–Trinajstić information content (AvgIpc) is 2.29. The smallest absolute Gasteiger partial charge is 0.214 e. The van der Waals surface area contributed by atoms with Crippen molar-refractivity contribution in [3.8, 4) is 0 Å². The summed E-state index contributed by atoms with van der Waals surface area (Å²) in [7, 11) is -3.01. The molecule has 1 fully saturated rings. The summed E-state index contributed by atoms with van der Waals surface area (Å²) in [6.07, 6.45) is 1.60. The minimum atomic E-state index is -3.01. The molecule has 1 unspecified atom stereocenters. The molecule has 0 spiro atoms. The van der Waals surface area contributed by atoms with Crippen molar-refractivity contribution in [3.63, 3.8) is 0 Å². The Hall–Kier alpha value is -0.130. The van der Waals surface area contributed by atoms with Crippen LogP contribution in [0.1, 0.15) is 26.7 Å². The molecular weight excluding hydrogens is 200 g/mol. The number of nitrogens with one attached hydrogen (secondary N) is 1. The van der Waals surface area contributed by atoms with Gasteiger partial charge in [0.2, 0.25) is 10.0 Å². The van der Waals surface area contributed by atoms with Crippen LogP contribution in [0.3, 0.4) is 0 Å². The zero-order valence-electron chi connectivity index (χ0n) is 8.99. The van der Waals surface area contributed by atoms with Gasteiger partial charge in [-0.1, -0.05) is 6.92 Å². The lowest BCUT2D eigenvalue weighted by molar-refractivity contribution is 0.350. The second-order valence-corrected chi connectivity index (χ2v) is 5.86. The summed E-state index contributed by atoms with van der Waals surface area (Å²) in [5.41, 5.74) is 0. The fraction of sp³-hybridized carbons (Fsp3) is 1.00. The van der Waals surface area contributed by atoms with Crippen molar-refractivity contribution in [3.05, 3.63) is 0 Å². The first-order valence-corrected chi connectivity index (χ1v) is 6.89. The summed E-state index contributed by atoms with van der Waals surface area (Å²) in [4.78, 5) is 0. The molecular formula is C9H20N2O2S. The number of sulfonamides is 1. The Morgan fingerprint density at radius 1 is 1.43 bits per heavy atom. The maximum absolute atomic E-state index is 11.8. The monoisotopic (exact) mass is 220 g/mol. The van der Waals surface area contributed by atoms with Gasteiger partial charge >= 0.3 is 0 Å². The highest BCUT2D eigenvalue weighted by Crippen LogP contribution is 2.12. The van der Waals surface area contributed by atoms with E-state index in [-0.39, 0.29) is 11.8 Å². The predicted molar refractivity (Wildman–Crippen MR) is 57.7 cm³/mol. The zero-order chi connectivity index (χ0) is 10.6. The first-order valence-electron chi connectivity index (χ1n) is 5.28. The van der Waals surface area contributed by atoms with E-state index in [1.807, 2.05) is 13.8 Å². The van der Waals surface area contributed by atoms with E-state index in [1.54, 1.807) is 4.31 Å². The van der Waals surface area contributed by atoms with Gasteiger partial charge in [0.25, 0.3) is 0 Å². The molecule has 1 heterocycles. The first-order chi connectivity index (χ1) is 6.58. The van der Waals surface area contributed by atoms with E-state index < -0.39 is 10.0 Å². The van der Waals surface area contributed by atoms with Crippen LogP contribution in [-0.2, 0) is 10.0 Å². The molecule has 1 rings (SSSR count). The molecule has 14 heavy (non-hydrogen) atoms. The van der Waals surface area contributed by atoms with Crippen LogP contribution in [0.4, 0.5) is 0 Å². The summed E-state index contributed by atoms with van der Waals surface area (Å²) >= 11 is 0. The van der Waals surface area contributed by atoms with E-state index in [9.17, 15) is 8.42 Å². The van der Waals surface area contributed by atoms with Gasteiger partial charge in [0.15, 0.2) is 0 Å². The Balaban J connectivity index is 2.72.